The normalized spacial score (nSPS) is 11.1. The smallest absolute Gasteiger partial charge is 0.481 e. The van der Waals surface area contributed by atoms with Crippen molar-refractivity contribution in [2.24, 2.45) is 0 Å². The van der Waals surface area contributed by atoms with Gasteiger partial charge in [0.25, 0.3) is 0 Å². The molecule has 0 amide bonds. The number of halogens is 4. The number of rotatable bonds is 5. The van der Waals surface area contributed by atoms with E-state index in [2.05, 4.69) is 9.72 Å². The van der Waals surface area contributed by atoms with Crippen molar-refractivity contribution >= 4 is 28.6 Å². The average Bonchev–Trinajstić information content (AvgIpc) is 2.32. The van der Waals surface area contributed by atoms with Gasteiger partial charge < -0.3 is 14.2 Å². The number of esters is 1. The first-order chi connectivity index (χ1) is 9.26. The lowest BCUT2D eigenvalue weighted by Crippen LogP contribution is -2.19. The third kappa shape index (κ3) is 5.02. The minimum atomic E-state index is -4.87. The molecule has 1 aromatic rings. The molecular weight excluding hydrogens is 394 g/mol. The van der Waals surface area contributed by atoms with Crippen LogP contribution >= 0.6 is 22.6 Å². The van der Waals surface area contributed by atoms with Crippen LogP contribution in [0, 0.1) is 3.57 Å². The van der Waals surface area contributed by atoms with Crippen LogP contribution in [0.1, 0.15) is 12.5 Å². The van der Waals surface area contributed by atoms with Crippen LogP contribution in [-0.4, -0.2) is 31.0 Å². The molecule has 0 unspecified atom stereocenters. The van der Waals surface area contributed by atoms with Crippen LogP contribution in [-0.2, 0) is 16.0 Å². The molecule has 5 nitrogen and oxygen atoms in total. The van der Waals surface area contributed by atoms with Crippen LogP contribution in [0.25, 0.3) is 0 Å². The highest BCUT2D eigenvalue weighted by Crippen LogP contribution is 2.31. The zero-order valence-electron chi connectivity index (χ0n) is 10.6. The van der Waals surface area contributed by atoms with Crippen molar-refractivity contribution in [2.45, 2.75) is 19.7 Å². The minimum Gasteiger partial charge on any atom is -0.481 e. The summed E-state index contributed by atoms with van der Waals surface area (Å²) < 4.78 is 50.2. The summed E-state index contributed by atoms with van der Waals surface area (Å²) in [4.78, 5) is 15.0. The molecule has 0 radical (unpaired) electrons. The van der Waals surface area contributed by atoms with Crippen LogP contribution in [0.2, 0.25) is 0 Å². The lowest BCUT2D eigenvalue weighted by atomic mass is 10.2. The highest BCUT2D eigenvalue weighted by Gasteiger charge is 2.33. The van der Waals surface area contributed by atoms with Gasteiger partial charge in [-0.2, -0.15) is 4.98 Å². The van der Waals surface area contributed by atoms with Crippen molar-refractivity contribution in [2.75, 3.05) is 13.7 Å². The maximum Gasteiger partial charge on any atom is 0.574 e. The fourth-order valence-corrected chi connectivity index (χ4v) is 1.89. The first-order valence-electron chi connectivity index (χ1n) is 5.41. The second-order valence-corrected chi connectivity index (χ2v) is 4.55. The predicted octanol–water partition coefficient (Wildman–Crippen LogP) is 2.70. The lowest BCUT2D eigenvalue weighted by molar-refractivity contribution is -0.276. The summed E-state index contributed by atoms with van der Waals surface area (Å²) in [6, 6.07) is 1.36. The number of carbonyl (C=O) groups is 1. The molecule has 0 aromatic carbocycles. The molecule has 1 heterocycles. The van der Waals surface area contributed by atoms with Crippen molar-refractivity contribution in [1.82, 2.24) is 4.98 Å². The van der Waals surface area contributed by atoms with E-state index >= 15 is 0 Å². The molecule has 0 atom stereocenters. The van der Waals surface area contributed by atoms with E-state index in [0.29, 0.717) is 0 Å². The van der Waals surface area contributed by atoms with Crippen molar-refractivity contribution < 1.29 is 32.2 Å². The Hall–Kier alpha value is -1.26. The Labute approximate surface area is 126 Å². The summed E-state index contributed by atoms with van der Waals surface area (Å²) in [6.07, 6.45) is -5.07. The van der Waals surface area contributed by atoms with Gasteiger partial charge in [-0.3, -0.25) is 4.79 Å². The van der Waals surface area contributed by atoms with Gasteiger partial charge >= 0.3 is 12.3 Å². The van der Waals surface area contributed by atoms with Gasteiger partial charge in [-0.25, -0.2) is 0 Å². The molecular formula is C11H11F3INO4. The molecule has 0 fully saturated rings. The van der Waals surface area contributed by atoms with Gasteiger partial charge in [-0.1, -0.05) is 0 Å². The summed E-state index contributed by atoms with van der Waals surface area (Å²) in [5, 5.41) is 0. The highest BCUT2D eigenvalue weighted by molar-refractivity contribution is 14.1. The molecule has 1 rings (SSSR count). The van der Waals surface area contributed by atoms with E-state index in [-0.39, 0.29) is 28.0 Å². The standard InChI is InChI=1S/C11H11F3INO4/c1-3-19-8(17)5-6-4-7(18-2)16-10(9(6)15)20-11(12,13)14/h4H,3,5H2,1-2H3. The number of alkyl halides is 3. The van der Waals surface area contributed by atoms with Crippen LogP contribution in [0.15, 0.2) is 6.07 Å². The first kappa shape index (κ1) is 16.8. The predicted molar refractivity (Wildman–Crippen MR) is 70.5 cm³/mol. The minimum absolute atomic E-state index is 0.0776. The summed E-state index contributed by atoms with van der Waals surface area (Å²) >= 11 is 1.62. The number of nitrogens with zero attached hydrogens (tertiary/aromatic N) is 1. The summed E-state index contributed by atoms with van der Waals surface area (Å²) in [5.41, 5.74) is 0.287. The van der Waals surface area contributed by atoms with Gasteiger partial charge in [0.15, 0.2) is 0 Å². The molecule has 0 N–H and O–H groups in total. The summed E-state index contributed by atoms with van der Waals surface area (Å²) in [7, 11) is 1.25. The second kappa shape index (κ2) is 6.95. The third-order valence-electron chi connectivity index (χ3n) is 2.04. The van der Waals surface area contributed by atoms with E-state index in [1.807, 2.05) is 0 Å². The second-order valence-electron chi connectivity index (χ2n) is 3.47. The number of aromatic nitrogens is 1. The maximum absolute atomic E-state index is 12.3. The molecule has 0 spiro atoms. The molecule has 0 saturated carbocycles. The molecule has 1 aromatic heterocycles. The molecule has 0 aliphatic rings. The Bertz CT molecular complexity index is 493. The van der Waals surface area contributed by atoms with Crippen molar-refractivity contribution in [3.8, 4) is 11.8 Å². The summed E-state index contributed by atoms with van der Waals surface area (Å²) in [5.74, 6) is -1.29. The molecule has 112 valence electrons. The van der Waals surface area contributed by atoms with Gasteiger partial charge in [0.2, 0.25) is 11.8 Å². The molecule has 0 aliphatic heterocycles. The molecule has 0 aliphatic carbocycles. The largest absolute Gasteiger partial charge is 0.574 e. The lowest BCUT2D eigenvalue weighted by Gasteiger charge is -2.13. The first-order valence-corrected chi connectivity index (χ1v) is 6.49. The van der Waals surface area contributed by atoms with Crippen LogP contribution in [0.5, 0.6) is 11.8 Å². The molecule has 9 heteroatoms. The number of methoxy groups -OCH3 is 1. The number of ether oxygens (including phenoxy) is 3. The SMILES string of the molecule is CCOC(=O)Cc1cc(OC)nc(OC(F)(F)F)c1I. The van der Waals surface area contributed by atoms with Crippen molar-refractivity contribution in [3.05, 3.63) is 15.2 Å². The molecule has 20 heavy (non-hydrogen) atoms. The van der Waals surface area contributed by atoms with E-state index in [4.69, 9.17) is 9.47 Å². The number of pyridine rings is 1. The Balaban J connectivity index is 3.10. The highest BCUT2D eigenvalue weighted by atomic mass is 127. The average molecular weight is 405 g/mol. The van der Waals surface area contributed by atoms with Gasteiger partial charge in [0.1, 0.15) is 0 Å². The fourth-order valence-electron chi connectivity index (χ4n) is 1.31. The van der Waals surface area contributed by atoms with Gasteiger partial charge in [-0.15, -0.1) is 13.2 Å². The van der Waals surface area contributed by atoms with E-state index in [1.165, 1.54) is 13.2 Å². The quantitative estimate of drug-likeness (QED) is 0.557. The van der Waals surface area contributed by atoms with E-state index in [9.17, 15) is 18.0 Å². The zero-order chi connectivity index (χ0) is 15.3. The van der Waals surface area contributed by atoms with E-state index in [0.717, 1.165) is 0 Å². The van der Waals surface area contributed by atoms with Crippen LogP contribution in [0.3, 0.4) is 0 Å². The maximum atomic E-state index is 12.3. The Morgan fingerprint density at radius 3 is 2.60 bits per heavy atom. The number of carbonyl (C=O) groups excluding carboxylic acids is 1. The fraction of sp³-hybridized carbons (Fsp3) is 0.455. The third-order valence-corrected chi connectivity index (χ3v) is 3.20. The van der Waals surface area contributed by atoms with Gasteiger partial charge in [0, 0.05) is 6.07 Å². The Morgan fingerprint density at radius 1 is 1.45 bits per heavy atom. The molecule has 0 bridgehead atoms. The zero-order valence-corrected chi connectivity index (χ0v) is 12.7. The van der Waals surface area contributed by atoms with E-state index < -0.39 is 18.2 Å². The Morgan fingerprint density at radius 2 is 2.10 bits per heavy atom. The number of hydrogen-bond acceptors (Lipinski definition) is 5. The molecule has 0 saturated heterocycles. The van der Waals surface area contributed by atoms with Crippen molar-refractivity contribution in [3.63, 3.8) is 0 Å². The van der Waals surface area contributed by atoms with Crippen molar-refractivity contribution in [1.29, 1.82) is 0 Å². The van der Waals surface area contributed by atoms with Crippen LogP contribution in [0.4, 0.5) is 13.2 Å². The topological polar surface area (TPSA) is 57.7 Å². The summed E-state index contributed by atoms with van der Waals surface area (Å²) in [6.45, 7) is 1.82. The van der Waals surface area contributed by atoms with Gasteiger partial charge in [-0.05, 0) is 35.1 Å². The van der Waals surface area contributed by atoms with E-state index in [1.54, 1.807) is 29.5 Å². The van der Waals surface area contributed by atoms with Gasteiger partial charge in [0.05, 0.1) is 23.7 Å². The number of hydrogen-bond donors (Lipinski definition) is 0. The Kier molecular flexibility index (Phi) is 5.84. The van der Waals surface area contributed by atoms with Crippen LogP contribution < -0.4 is 9.47 Å². The monoisotopic (exact) mass is 405 g/mol.